The van der Waals surface area contributed by atoms with Crippen molar-refractivity contribution in [3.63, 3.8) is 0 Å². The summed E-state index contributed by atoms with van der Waals surface area (Å²) in [6.07, 6.45) is 0.765. The molecule has 0 spiro atoms. The number of carbonyl (C=O) groups is 1. The normalized spacial score (nSPS) is 11.8. The predicted octanol–water partition coefficient (Wildman–Crippen LogP) is 1.59. The standard InChI is InChI=1S/C9H10N2O3/c1-7(6-12)10-8-2-4-9(5-3-8)11(13)14/h2-7,10H,1H3/t7-/m0/s1. The van der Waals surface area contributed by atoms with Crippen molar-refractivity contribution in [3.05, 3.63) is 34.4 Å². The molecular weight excluding hydrogens is 184 g/mol. The number of nitro groups is 1. The van der Waals surface area contributed by atoms with E-state index in [1.165, 1.54) is 12.1 Å². The Morgan fingerprint density at radius 1 is 1.43 bits per heavy atom. The number of non-ortho nitro benzene ring substituents is 1. The Balaban J connectivity index is 2.73. The van der Waals surface area contributed by atoms with Crippen LogP contribution in [-0.4, -0.2) is 17.3 Å². The second-order valence-corrected chi connectivity index (χ2v) is 2.87. The second kappa shape index (κ2) is 4.36. The molecule has 0 aromatic heterocycles. The first kappa shape index (κ1) is 10.2. The monoisotopic (exact) mass is 194 g/mol. The summed E-state index contributed by atoms with van der Waals surface area (Å²) in [5.41, 5.74) is 0.726. The number of anilines is 1. The van der Waals surface area contributed by atoms with Crippen molar-refractivity contribution >= 4 is 17.7 Å². The molecule has 0 saturated carbocycles. The van der Waals surface area contributed by atoms with Gasteiger partial charge in [0.15, 0.2) is 0 Å². The molecule has 0 heterocycles. The second-order valence-electron chi connectivity index (χ2n) is 2.87. The number of aldehydes is 1. The maximum atomic E-state index is 10.3. The average Bonchev–Trinajstić information content (AvgIpc) is 2.18. The van der Waals surface area contributed by atoms with Gasteiger partial charge in [0, 0.05) is 17.8 Å². The fraction of sp³-hybridized carbons (Fsp3) is 0.222. The highest BCUT2D eigenvalue weighted by Crippen LogP contribution is 2.15. The van der Waals surface area contributed by atoms with E-state index in [0.29, 0.717) is 5.69 Å². The summed E-state index contributed by atoms with van der Waals surface area (Å²) in [4.78, 5) is 20.2. The van der Waals surface area contributed by atoms with E-state index in [1.54, 1.807) is 19.1 Å². The van der Waals surface area contributed by atoms with E-state index < -0.39 is 4.92 Å². The van der Waals surface area contributed by atoms with Crippen LogP contribution in [0.2, 0.25) is 0 Å². The van der Waals surface area contributed by atoms with Crippen molar-refractivity contribution in [2.45, 2.75) is 13.0 Å². The number of carbonyl (C=O) groups excluding carboxylic acids is 1. The van der Waals surface area contributed by atoms with Gasteiger partial charge in [-0.1, -0.05) is 0 Å². The Labute approximate surface area is 80.9 Å². The third kappa shape index (κ3) is 2.55. The Kier molecular flexibility index (Phi) is 3.17. The molecule has 74 valence electrons. The van der Waals surface area contributed by atoms with E-state index in [4.69, 9.17) is 0 Å². The zero-order valence-corrected chi connectivity index (χ0v) is 7.64. The van der Waals surface area contributed by atoms with Crippen molar-refractivity contribution < 1.29 is 9.72 Å². The predicted molar refractivity (Wildman–Crippen MR) is 52.2 cm³/mol. The Morgan fingerprint density at radius 2 is 2.00 bits per heavy atom. The van der Waals surface area contributed by atoms with E-state index >= 15 is 0 Å². The minimum absolute atomic E-state index is 0.0364. The molecule has 14 heavy (non-hydrogen) atoms. The van der Waals surface area contributed by atoms with E-state index in [0.717, 1.165) is 6.29 Å². The minimum atomic E-state index is -0.465. The molecule has 1 atom stereocenters. The molecule has 0 aliphatic rings. The lowest BCUT2D eigenvalue weighted by Gasteiger charge is -2.07. The van der Waals surface area contributed by atoms with Crippen molar-refractivity contribution in [3.8, 4) is 0 Å². The SMILES string of the molecule is C[C@@H](C=O)Nc1ccc([N+](=O)[O-])cc1. The van der Waals surface area contributed by atoms with Crippen LogP contribution < -0.4 is 5.32 Å². The van der Waals surface area contributed by atoms with Gasteiger partial charge < -0.3 is 10.1 Å². The third-order valence-corrected chi connectivity index (χ3v) is 1.68. The smallest absolute Gasteiger partial charge is 0.269 e. The Bertz CT molecular complexity index is 334. The first-order valence-corrected chi connectivity index (χ1v) is 4.10. The van der Waals surface area contributed by atoms with Gasteiger partial charge in [-0.3, -0.25) is 10.1 Å². The summed E-state index contributed by atoms with van der Waals surface area (Å²) in [6.45, 7) is 1.70. The van der Waals surface area contributed by atoms with Gasteiger partial charge in [-0.05, 0) is 19.1 Å². The number of nitrogens with zero attached hydrogens (tertiary/aromatic N) is 1. The summed E-state index contributed by atoms with van der Waals surface area (Å²) in [5, 5.41) is 13.2. The number of benzene rings is 1. The molecule has 0 saturated heterocycles. The fourth-order valence-electron chi connectivity index (χ4n) is 0.976. The molecule has 0 aliphatic heterocycles. The highest BCUT2D eigenvalue weighted by Gasteiger charge is 2.04. The van der Waals surface area contributed by atoms with Gasteiger partial charge in [0.2, 0.25) is 0 Å². The molecule has 0 amide bonds. The molecule has 1 aromatic carbocycles. The lowest BCUT2D eigenvalue weighted by Crippen LogP contribution is -2.15. The fourth-order valence-corrected chi connectivity index (χ4v) is 0.976. The van der Waals surface area contributed by atoms with Gasteiger partial charge in [-0.15, -0.1) is 0 Å². The van der Waals surface area contributed by atoms with E-state index in [2.05, 4.69) is 5.32 Å². The van der Waals surface area contributed by atoms with Crippen LogP contribution in [0.15, 0.2) is 24.3 Å². The van der Waals surface area contributed by atoms with Gasteiger partial charge in [-0.25, -0.2) is 0 Å². The topological polar surface area (TPSA) is 72.2 Å². The minimum Gasteiger partial charge on any atom is -0.376 e. The molecule has 0 fully saturated rings. The molecule has 0 radical (unpaired) electrons. The molecule has 1 aromatic rings. The van der Waals surface area contributed by atoms with Crippen molar-refractivity contribution in [1.82, 2.24) is 0 Å². The quantitative estimate of drug-likeness (QED) is 0.449. The van der Waals surface area contributed by atoms with Crippen LogP contribution in [0.4, 0.5) is 11.4 Å². The summed E-state index contributed by atoms with van der Waals surface area (Å²) in [7, 11) is 0. The maximum Gasteiger partial charge on any atom is 0.269 e. The summed E-state index contributed by atoms with van der Waals surface area (Å²) >= 11 is 0. The molecule has 1 rings (SSSR count). The van der Waals surface area contributed by atoms with Crippen LogP contribution in [-0.2, 0) is 4.79 Å². The van der Waals surface area contributed by atoms with Crippen molar-refractivity contribution in [2.24, 2.45) is 0 Å². The number of nitro benzene ring substituents is 1. The number of nitrogens with one attached hydrogen (secondary N) is 1. The van der Waals surface area contributed by atoms with Crippen molar-refractivity contribution in [2.75, 3.05) is 5.32 Å². The molecule has 1 N–H and O–H groups in total. The highest BCUT2D eigenvalue weighted by atomic mass is 16.6. The summed E-state index contributed by atoms with van der Waals surface area (Å²) in [6, 6.07) is 5.62. The third-order valence-electron chi connectivity index (χ3n) is 1.68. The molecule has 0 bridgehead atoms. The van der Waals surface area contributed by atoms with E-state index in [9.17, 15) is 14.9 Å². The Hall–Kier alpha value is -1.91. The van der Waals surface area contributed by atoms with Gasteiger partial charge in [0.25, 0.3) is 5.69 Å². The molecule has 5 nitrogen and oxygen atoms in total. The lowest BCUT2D eigenvalue weighted by molar-refractivity contribution is -0.384. The lowest BCUT2D eigenvalue weighted by atomic mass is 10.2. The van der Waals surface area contributed by atoms with Crippen LogP contribution in [0, 0.1) is 10.1 Å². The molecular formula is C9H10N2O3. The first-order chi connectivity index (χ1) is 6.63. The van der Waals surface area contributed by atoms with Crippen LogP contribution in [0.25, 0.3) is 0 Å². The summed E-state index contributed by atoms with van der Waals surface area (Å²) < 4.78 is 0. The van der Waals surface area contributed by atoms with E-state index in [-0.39, 0.29) is 11.7 Å². The van der Waals surface area contributed by atoms with Gasteiger partial charge in [0.05, 0.1) is 11.0 Å². The zero-order valence-electron chi connectivity index (χ0n) is 7.64. The number of hydrogen-bond donors (Lipinski definition) is 1. The number of hydrogen-bond acceptors (Lipinski definition) is 4. The van der Waals surface area contributed by atoms with Gasteiger partial charge >= 0.3 is 0 Å². The molecule has 0 unspecified atom stereocenters. The molecule has 5 heteroatoms. The Morgan fingerprint density at radius 3 is 2.43 bits per heavy atom. The largest absolute Gasteiger partial charge is 0.376 e. The zero-order chi connectivity index (χ0) is 10.6. The van der Waals surface area contributed by atoms with Gasteiger partial charge in [-0.2, -0.15) is 0 Å². The highest BCUT2D eigenvalue weighted by molar-refractivity contribution is 5.64. The number of rotatable bonds is 4. The molecule has 0 aliphatic carbocycles. The van der Waals surface area contributed by atoms with Gasteiger partial charge in [0.1, 0.15) is 6.29 Å². The first-order valence-electron chi connectivity index (χ1n) is 4.10. The van der Waals surface area contributed by atoms with E-state index in [1.807, 2.05) is 0 Å². The van der Waals surface area contributed by atoms with Crippen LogP contribution >= 0.6 is 0 Å². The average molecular weight is 194 g/mol. The summed E-state index contributed by atoms with van der Waals surface area (Å²) in [5.74, 6) is 0. The van der Waals surface area contributed by atoms with Crippen LogP contribution in [0.5, 0.6) is 0 Å². The van der Waals surface area contributed by atoms with Crippen LogP contribution in [0.3, 0.4) is 0 Å². The maximum absolute atomic E-state index is 10.3. The van der Waals surface area contributed by atoms with Crippen LogP contribution in [0.1, 0.15) is 6.92 Å². The van der Waals surface area contributed by atoms with Crippen molar-refractivity contribution in [1.29, 1.82) is 0 Å².